The maximum atomic E-state index is 13.8. The van der Waals surface area contributed by atoms with Crippen molar-refractivity contribution in [1.29, 1.82) is 0 Å². The maximum Gasteiger partial charge on any atom is 0.341 e. The van der Waals surface area contributed by atoms with Crippen molar-refractivity contribution < 1.29 is 23.5 Å². The maximum absolute atomic E-state index is 13.8. The van der Waals surface area contributed by atoms with Crippen LogP contribution in [0.4, 0.5) is 0 Å². The van der Waals surface area contributed by atoms with E-state index in [-0.39, 0.29) is 12.0 Å². The highest BCUT2D eigenvalue weighted by Gasteiger charge is 2.35. The molecule has 3 heterocycles. The van der Waals surface area contributed by atoms with Gasteiger partial charge in [0.15, 0.2) is 0 Å². The summed E-state index contributed by atoms with van der Waals surface area (Å²) in [6.45, 7) is 8.32. The van der Waals surface area contributed by atoms with Gasteiger partial charge in [-0.3, -0.25) is 0 Å². The van der Waals surface area contributed by atoms with Crippen LogP contribution in [0.15, 0.2) is 52.3 Å². The number of esters is 2. The minimum atomic E-state index is -0.490. The molecule has 1 aromatic carbocycles. The molecule has 3 aromatic heterocycles. The molecule has 0 radical (unpaired) electrons. The summed E-state index contributed by atoms with van der Waals surface area (Å²) in [6.07, 6.45) is 3.82. The predicted molar refractivity (Wildman–Crippen MR) is 149 cm³/mol. The van der Waals surface area contributed by atoms with Crippen molar-refractivity contribution >= 4 is 45.8 Å². The molecule has 0 saturated carbocycles. The number of aryl methyl sites for hydroxylation is 1. The van der Waals surface area contributed by atoms with E-state index < -0.39 is 11.9 Å². The van der Waals surface area contributed by atoms with Crippen molar-refractivity contribution in [3.63, 3.8) is 0 Å². The van der Waals surface area contributed by atoms with E-state index in [1.807, 2.05) is 30.3 Å². The molecule has 0 spiro atoms. The van der Waals surface area contributed by atoms with Crippen LogP contribution >= 0.6 is 11.3 Å². The summed E-state index contributed by atoms with van der Waals surface area (Å²) < 4.78 is 16.3. The van der Waals surface area contributed by atoms with E-state index in [2.05, 4.69) is 38.3 Å². The highest BCUT2D eigenvalue weighted by Crippen LogP contribution is 2.45. The Morgan fingerprint density at radius 2 is 1.92 bits per heavy atom. The zero-order valence-corrected chi connectivity index (χ0v) is 23.1. The monoisotopic (exact) mass is 529 g/mol. The first-order valence-electron chi connectivity index (χ1n) is 12.7. The van der Waals surface area contributed by atoms with E-state index in [1.165, 1.54) is 7.11 Å². The normalized spacial score (nSPS) is 16.4. The third-order valence-electron chi connectivity index (χ3n) is 7.22. The van der Waals surface area contributed by atoms with Gasteiger partial charge < -0.3 is 13.9 Å². The number of para-hydroxylation sites is 1. The number of hydrogen-bond acceptors (Lipinski definition) is 7. The number of furan rings is 1. The second-order valence-electron chi connectivity index (χ2n) is 10.7. The Kier molecular flexibility index (Phi) is 6.97. The first-order chi connectivity index (χ1) is 18.2. The fraction of sp³-hybridized carbons (Fsp3) is 0.323. The molecule has 1 aliphatic rings. The van der Waals surface area contributed by atoms with Crippen LogP contribution in [-0.2, 0) is 22.5 Å². The van der Waals surface area contributed by atoms with E-state index >= 15 is 0 Å². The summed E-state index contributed by atoms with van der Waals surface area (Å²) in [7, 11) is 1.32. The van der Waals surface area contributed by atoms with E-state index in [0.717, 1.165) is 45.5 Å². The van der Waals surface area contributed by atoms with Gasteiger partial charge in [-0.2, -0.15) is 0 Å². The Labute approximate surface area is 226 Å². The van der Waals surface area contributed by atoms with E-state index in [9.17, 15) is 9.59 Å². The van der Waals surface area contributed by atoms with Crippen LogP contribution in [-0.4, -0.2) is 24.0 Å². The molecule has 38 heavy (non-hydrogen) atoms. The van der Waals surface area contributed by atoms with Gasteiger partial charge in [-0.25, -0.2) is 14.6 Å². The number of carbonyl (C=O) groups excluding carboxylic acids is 2. The van der Waals surface area contributed by atoms with Crippen LogP contribution in [0.3, 0.4) is 0 Å². The molecule has 1 aliphatic carbocycles. The lowest BCUT2D eigenvalue weighted by Gasteiger charge is -2.36. The topological polar surface area (TPSA) is 78.6 Å². The van der Waals surface area contributed by atoms with Gasteiger partial charge in [0.2, 0.25) is 0 Å². The lowest BCUT2D eigenvalue weighted by atomic mass is 9.69. The van der Waals surface area contributed by atoms with Crippen molar-refractivity contribution in [3.05, 3.63) is 86.6 Å². The molecule has 5 rings (SSSR count). The number of pyridine rings is 1. The zero-order chi connectivity index (χ0) is 27.0. The minimum absolute atomic E-state index is 0.0367. The molecule has 0 amide bonds. The van der Waals surface area contributed by atoms with E-state index in [1.54, 1.807) is 24.3 Å². The number of methoxy groups -OCH3 is 1. The number of carbonyl (C=O) groups is 2. The van der Waals surface area contributed by atoms with Gasteiger partial charge in [0.05, 0.1) is 23.9 Å². The van der Waals surface area contributed by atoms with Crippen molar-refractivity contribution in [3.8, 4) is 0 Å². The number of nitrogens with zero attached hydrogens (tertiary/aromatic N) is 1. The summed E-state index contributed by atoms with van der Waals surface area (Å²) in [4.78, 5) is 32.0. The average Bonchev–Trinajstić information content (AvgIpc) is 3.54. The molecular formula is C31H31NO5S. The Hall–Kier alpha value is -3.71. The minimum Gasteiger partial charge on any atom is -0.465 e. The first-order valence-corrected chi connectivity index (χ1v) is 13.5. The molecule has 7 heteroatoms. The number of thiophene rings is 1. The lowest BCUT2D eigenvalue weighted by Crippen LogP contribution is -2.28. The van der Waals surface area contributed by atoms with Crippen molar-refractivity contribution in [2.75, 3.05) is 7.11 Å². The number of fused-ring (bicyclic) bond motifs is 2. The van der Waals surface area contributed by atoms with Gasteiger partial charge in [-0.1, -0.05) is 45.0 Å². The van der Waals surface area contributed by atoms with Gasteiger partial charge in [0.1, 0.15) is 23.7 Å². The second kappa shape index (κ2) is 10.2. The van der Waals surface area contributed by atoms with E-state index in [0.29, 0.717) is 28.6 Å². The standard InChI is InChI=1S/C31H31NO5S/c1-18-24(29(33)35-5)16-21(37-18)17-36-30(34)27-23-10-6-7-11-26(23)32-28-19(14-22-9-8-12-38-22)13-20(15-25(27)28)31(2,3)4/h6-12,14,16,20H,13,15,17H2,1-5H3/b19-14+. The third kappa shape index (κ3) is 5.03. The fourth-order valence-corrected chi connectivity index (χ4v) is 5.73. The van der Waals surface area contributed by atoms with E-state index in [4.69, 9.17) is 18.9 Å². The number of hydrogen-bond donors (Lipinski definition) is 0. The molecule has 4 aromatic rings. The number of aromatic nitrogens is 1. The molecule has 1 atom stereocenters. The van der Waals surface area contributed by atoms with Gasteiger partial charge in [-0.15, -0.1) is 11.3 Å². The molecule has 0 N–H and O–H groups in total. The number of ether oxygens (including phenoxy) is 2. The van der Waals surface area contributed by atoms with Crippen LogP contribution in [0.2, 0.25) is 0 Å². The number of benzene rings is 1. The van der Waals surface area contributed by atoms with Gasteiger partial charge in [-0.05, 0) is 71.9 Å². The van der Waals surface area contributed by atoms with Gasteiger partial charge in [0, 0.05) is 10.3 Å². The van der Waals surface area contributed by atoms with Crippen LogP contribution in [0.25, 0.3) is 22.6 Å². The van der Waals surface area contributed by atoms with Crippen molar-refractivity contribution in [2.24, 2.45) is 11.3 Å². The first kappa shape index (κ1) is 25.9. The van der Waals surface area contributed by atoms with Crippen LogP contribution in [0.5, 0.6) is 0 Å². The third-order valence-corrected chi connectivity index (χ3v) is 8.04. The van der Waals surface area contributed by atoms with Crippen LogP contribution in [0.1, 0.15) is 75.6 Å². The Morgan fingerprint density at radius 3 is 2.63 bits per heavy atom. The molecule has 0 fully saturated rings. The number of allylic oxidation sites excluding steroid dienone is 1. The summed E-state index contributed by atoms with van der Waals surface area (Å²) in [5.41, 5.74) is 4.59. The smallest absolute Gasteiger partial charge is 0.341 e. The van der Waals surface area contributed by atoms with Crippen LogP contribution in [0, 0.1) is 18.3 Å². The zero-order valence-electron chi connectivity index (χ0n) is 22.3. The molecular weight excluding hydrogens is 498 g/mol. The van der Waals surface area contributed by atoms with Gasteiger partial charge in [0.25, 0.3) is 0 Å². The second-order valence-corrected chi connectivity index (χ2v) is 11.7. The summed E-state index contributed by atoms with van der Waals surface area (Å²) >= 11 is 1.69. The molecule has 6 nitrogen and oxygen atoms in total. The van der Waals surface area contributed by atoms with Crippen LogP contribution < -0.4 is 0 Å². The summed E-state index contributed by atoms with van der Waals surface area (Å²) in [6, 6.07) is 13.4. The highest BCUT2D eigenvalue weighted by atomic mass is 32.1. The highest BCUT2D eigenvalue weighted by molar-refractivity contribution is 7.10. The average molecular weight is 530 g/mol. The number of rotatable bonds is 5. The Bertz CT molecular complexity index is 1540. The molecule has 0 aliphatic heterocycles. The van der Waals surface area contributed by atoms with Crippen molar-refractivity contribution in [1.82, 2.24) is 4.98 Å². The fourth-order valence-electron chi connectivity index (χ4n) is 5.05. The lowest BCUT2D eigenvalue weighted by molar-refractivity contribution is 0.0443. The quantitative estimate of drug-likeness (QED) is 0.249. The Balaban J connectivity index is 1.59. The molecule has 1 unspecified atom stereocenters. The van der Waals surface area contributed by atoms with Gasteiger partial charge >= 0.3 is 11.9 Å². The van der Waals surface area contributed by atoms with Crippen molar-refractivity contribution in [2.45, 2.75) is 47.1 Å². The summed E-state index contributed by atoms with van der Waals surface area (Å²) in [5, 5.41) is 2.84. The summed E-state index contributed by atoms with van der Waals surface area (Å²) in [5.74, 6) is 0.210. The SMILES string of the molecule is COC(=O)c1cc(COC(=O)c2c3c(nc4ccccc24)/C(=C/c2cccs2)CC(C(C)(C)C)C3)oc1C. The Morgan fingerprint density at radius 1 is 1.13 bits per heavy atom. The molecule has 0 bridgehead atoms. The predicted octanol–water partition coefficient (Wildman–Crippen LogP) is 7.49. The largest absolute Gasteiger partial charge is 0.465 e. The molecule has 196 valence electrons. The molecule has 0 saturated heterocycles.